The van der Waals surface area contributed by atoms with Gasteiger partial charge in [-0.05, 0) is 24.7 Å². The maximum absolute atomic E-state index is 12.7. The van der Waals surface area contributed by atoms with Crippen LogP contribution in [0.15, 0.2) is 0 Å². The van der Waals surface area contributed by atoms with Gasteiger partial charge in [0.15, 0.2) is 0 Å². The zero-order valence-corrected chi connectivity index (χ0v) is 19.3. The number of carbonyl (C=O) groups excluding carboxylic acids is 4. The number of hydrogen-bond donors (Lipinski definition) is 7. The maximum Gasteiger partial charge on any atom is 0.326 e. The van der Waals surface area contributed by atoms with E-state index in [9.17, 15) is 33.9 Å². The van der Waals surface area contributed by atoms with E-state index in [4.69, 9.17) is 16.6 Å². The lowest BCUT2D eigenvalue weighted by Gasteiger charge is -2.24. The number of carboxylic acids is 2. The first kappa shape index (κ1) is 29.8. The minimum Gasteiger partial charge on any atom is -0.481 e. The van der Waals surface area contributed by atoms with E-state index < -0.39 is 72.6 Å². The van der Waals surface area contributed by atoms with Crippen molar-refractivity contribution in [3.8, 4) is 0 Å². The van der Waals surface area contributed by atoms with Crippen molar-refractivity contribution < 1.29 is 39.0 Å². The van der Waals surface area contributed by atoms with Gasteiger partial charge in [-0.2, -0.15) is 0 Å². The molecule has 0 unspecified atom stereocenters. The van der Waals surface area contributed by atoms with Crippen LogP contribution in [0.5, 0.6) is 0 Å². The molecule has 188 valence electrons. The first-order chi connectivity index (χ1) is 15.1. The maximum atomic E-state index is 12.7. The van der Waals surface area contributed by atoms with E-state index in [0.717, 1.165) is 0 Å². The summed E-state index contributed by atoms with van der Waals surface area (Å²) >= 11 is 0. The molecule has 0 spiro atoms. The standard InChI is InChI=1S/C20H35N5O8/c1-9(2)5-11(21)17(29)23-13(8-16(27)28)19(31)24-12(7-15(22)26)18(30)25-14(20(32)33)6-10(3)4/h9-14H,5-8,21H2,1-4H3,(H2,22,26)(H,23,29)(H,24,31)(H,25,30)(H,27,28)(H,32,33)/t11-,12-,13-,14-/m0/s1. The Balaban J connectivity index is 5.54. The van der Waals surface area contributed by atoms with Crippen molar-refractivity contribution in [3.63, 3.8) is 0 Å². The average molecular weight is 474 g/mol. The topological polar surface area (TPSA) is 231 Å². The zero-order valence-electron chi connectivity index (χ0n) is 19.3. The number of hydrogen-bond acceptors (Lipinski definition) is 7. The highest BCUT2D eigenvalue weighted by atomic mass is 16.4. The molecule has 0 aliphatic carbocycles. The Bertz CT molecular complexity index is 740. The third-order valence-electron chi connectivity index (χ3n) is 4.43. The monoisotopic (exact) mass is 473 g/mol. The Morgan fingerprint density at radius 3 is 1.52 bits per heavy atom. The molecule has 0 bridgehead atoms. The molecule has 9 N–H and O–H groups in total. The second-order valence-electron chi connectivity index (χ2n) is 8.66. The molecular formula is C20H35N5O8. The summed E-state index contributed by atoms with van der Waals surface area (Å²) in [6, 6.07) is -5.46. The van der Waals surface area contributed by atoms with E-state index in [2.05, 4.69) is 16.0 Å². The van der Waals surface area contributed by atoms with Crippen LogP contribution in [0.3, 0.4) is 0 Å². The van der Waals surface area contributed by atoms with Crippen molar-refractivity contribution in [3.05, 3.63) is 0 Å². The van der Waals surface area contributed by atoms with Crippen LogP contribution in [0.1, 0.15) is 53.4 Å². The average Bonchev–Trinajstić information content (AvgIpc) is 2.64. The molecule has 0 aromatic rings. The third-order valence-corrected chi connectivity index (χ3v) is 4.43. The molecule has 4 atom stereocenters. The number of primary amides is 1. The predicted molar refractivity (Wildman–Crippen MR) is 116 cm³/mol. The van der Waals surface area contributed by atoms with Crippen LogP contribution in [0.4, 0.5) is 0 Å². The van der Waals surface area contributed by atoms with Gasteiger partial charge in [0.1, 0.15) is 18.1 Å². The third kappa shape index (κ3) is 12.4. The minimum atomic E-state index is -1.60. The molecule has 0 rings (SSSR count). The highest BCUT2D eigenvalue weighted by molar-refractivity contribution is 5.97. The second-order valence-corrected chi connectivity index (χ2v) is 8.66. The fraction of sp³-hybridized carbons (Fsp3) is 0.700. The first-order valence-electron chi connectivity index (χ1n) is 10.5. The van der Waals surface area contributed by atoms with E-state index in [0.29, 0.717) is 0 Å². The van der Waals surface area contributed by atoms with E-state index in [1.807, 2.05) is 13.8 Å². The quantitative estimate of drug-likeness (QED) is 0.143. The minimum absolute atomic E-state index is 0.0640. The van der Waals surface area contributed by atoms with Crippen LogP contribution in [0.2, 0.25) is 0 Å². The Hall–Kier alpha value is -3.22. The molecule has 33 heavy (non-hydrogen) atoms. The van der Waals surface area contributed by atoms with E-state index in [1.54, 1.807) is 13.8 Å². The molecule has 13 nitrogen and oxygen atoms in total. The summed E-state index contributed by atoms with van der Waals surface area (Å²) in [5.41, 5.74) is 10.9. The van der Waals surface area contributed by atoms with Crippen molar-refractivity contribution in [1.82, 2.24) is 16.0 Å². The second kappa shape index (κ2) is 14.0. The Labute approximate surface area is 192 Å². The number of amides is 4. The molecule has 0 heterocycles. The Morgan fingerprint density at radius 1 is 0.697 bits per heavy atom. The van der Waals surface area contributed by atoms with Gasteiger partial charge in [0.05, 0.1) is 18.9 Å². The molecule has 0 aromatic heterocycles. The molecule has 13 heteroatoms. The fourth-order valence-corrected chi connectivity index (χ4v) is 2.93. The molecule has 4 amide bonds. The van der Waals surface area contributed by atoms with Gasteiger partial charge in [-0.3, -0.25) is 24.0 Å². The molecular weight excluding hydrogens is 438 g/mol. The van der Waals surface area contributed by atoms with Gasteiger partial charge >= 0.3 is 11.9 Å². The van der Waals surface area contributed by atoms with E-state index in [1.165, 1.54) is 0 Å². The predicted octanol–water partition coefficient (Wildman–Crippen LogP) is -1.70. The molecule has 0 aliphatic rings. The number of carbonyl (C=O) groups is 6. The van der Waals surface area contributed by atoms with Gasteiger partial charge in [0, 0.05) is 0 Å². The summed E-state index contributed by atoms with van der Waals surface area (Å²) in [6.45, 7) is 7.14. The molecule has 0 saturated carbocycles. The normalized spacial score (nSPS) is 14.6. The summed E-state index contributed by atoms with van der Waals surface area (Å²) in [7, 11) is 0. The summed E-state index contributed by atoms with van der Waals surface area (Å²) < 4.78 is 0. The smallest absolute Gasteiger partial charge is 0.326 e. The fourth-order valence-electron chi connectivity index (χ4n) is 2.93. The summed E-state index contributed by atoms with van der Waals surface area (Å²) in [5.74, 6) is -6.53. The van der Waals surface area contributed by atoms with Gasteiger partial charge in [0.25, 0.3) is 0 Å². The van der Waals surface area contributed by atoms with Crippen molar-refractivity contribution in [2.75, 3.05) is 0 Å². The van der Waals surface area contributed by atoms with Crippen LogP contribution in [0, 0.1) is 11.8 Å². The van der Waals surface area contributed by atoms with E-state index >= 15 is 0 Å². The molecule has 0 aromatic carbocycles. The summed E-state index contributed by atoms with van der Waals surface area (Å²) in [5, 5.41) is 25.0. The van der Waals surface area contributed by atoms with Gasteiger partial charge in [-0.1, -0.05) is 27.7 Å². The number of nitrogens with one attached hydrogen (secondary N) is 3. The SMILES string of the molecule is CC(C)C[C@H](NC(=O)[C@H](CC(N)=O)NC(=O)[C@H](CC(=O)O)NC(=O)[C@@H](N)CC(C)C)C(=O)O. The lowest BCUT2D eigenvalue weighted by atomic mass is 10.0. The number of carboxylic acid groups (broad SMARTS) is 2. The van der Waals surface area contributed by atoms with Gasteiger partial charge in [0.2, 0.25) is 23.6 Å². The number of rotatable bonds is 15. The van der Waals surface area contributed by atoms with Crippen molar-refractivity contribution in [1.29, 1.82) is 0 Å². The molecule has 0 saturated heterocycles. The van der Waals surface area contributed by atoms with Crippen LogP contribution in [-0.4, -0.2) is 69.9 Å². The van der Waals surface area contributed by atoms with Gasteiger partial charge < -0.3 is 37.6 Å². The summed E-state index contributed by atoms with van der Waals surface area (Å²) in [6.07, 6.45) is -1.12. The molecule has 0 radical (unpaired) electrons. The first-order valence-corrected chi connectivity index (χ1v) is 10.5. The van der Waals surface area contributed by atoms with Crippen molar-refractivity contribution >= 4 is 35.6 Å². The van der Waals surface area contributed by atoms with Gasteiger partial charge in [-0.15, -0.1) is 0 Å². The largest absolute Gasteiger partial charge is 0.481 e. The molecule has 0 aliphatic heterocycles. The van der Waals surface area contributed by atoms with Crippen LogP contribution < -0.4 is 27.4 Å². The lowest BCUT2D eigenvalue weighted by molar-refractivity contribution is -0.143. The zero-order chi connectivity index (χ0) is 25.9. The van der Waals surface area contributed by atoms with Crippen LogP contribution in [0.25, 0.3) is 0 Å². The van der Waals surface area contributed by atoms with Crippen LogP contribution in [-0.2, 0) is 28.8 Å². The summed E-state index contributed by atoms with van der Waals surface area (Å²) in [4.78, 5) is 71.5. The van der Waals surface area contributed by atoms with Crippen molar-refractivity contribution in [2.45, 2.75) is 77.5 Å². The van der Waals surface area contributed by atoms with E-state index in [-0.39, 0.29) is 24.7 Å². The van der Waals surface area contributed by atoms with Crippen molar-refractivity contribution in [2.24, 2.45) is 23.3 Å². The Morgan fingerprint density at radius 2 is 1.12 bits per heavy atom. The number of nitrogens with two attached hydrogens (primary N) is 2. The van der Waals surface area contributed by atoms with Crippen LogP contribution >= 0.6 is 0 Å². The highest BCUT2D eigenvalue weighted by Gasteiger charge is 2.32. The number of aliphatic carboxylic acids is 2. The highest BCUT2D eigenvalue weighted by Crippen LogP contribution is 2.07. The lowest BCUT2D eigenvalue weighted by Crippen LogP contribution is -2.58. The Kier molecular flexibility index (Phi) is 12.7. The van der Waals surface area contributed by atoms with Gasteiger partial charge in [-0.25, -0.2) is 4.79 Å². The molecule has 0 fully saturated rings.